The summed E-state index contributed by atoms with van der Waals surface area (Å²) in [6.45, 7) is 3.63. The summed E-state index contributed by atoms with van der Waals surface area (Å²) in [6.07, 6.45) is 1.21. The van der Waals surface area contributed by atoms with Crippen LogP contribution in [0.15, 0.2) is 48.5 Å². The van der Waals surface area contributed by atoms with Crippen LogP contribution in [0.25, 0.3) is 11.0 Å². The van der Waals surface area contributed by atoms with Crippen molar-refractivity contribution in [1.82, 2.24) is 25.5 Å². The smallest absolute Gasteiger partial charge is 0.325 e. The number of aromatic nitrogens is 2. The van der Waals surface area contributed by atoms with E-state index in [-0.39, 0.29) is 24.4 Å². The van der Waals surface area contributed by atoms with Crippen LogP contribution in [0.2, 0.25) is 0 Å². The van der Waals surface area contributed by atoms with Crippen molar-refractivity contribution in [2.24, 2.45) is 5.92 Å². The normalized spacial score (nSPS) is 20.8. The van der Waals surface area contributed by atoms with Crippen molar-refractivity contribution in [3.63, 3.8) is 0 Å². The highest BCUT2D eigenvalue weighted by Gasteiger charge is 2.55. The van der Waals surface area contributed by atoms with Crippen LogP contribution in [-0.2, 0) is 21.5 Å². The van der Waals surface area contributed by atoms with Crippen molar-refractivity contribution >= 4 is 28.9 Å². The monoisotopic (exact) mass is 431 g/mol. The summed E-state index contributed by atoms with van der Waals surface area (Å²) < 4.78 is 0. The van der Waals surface area contributed by atoms with E-state index in [4.69, 9.17) is 0 Å². The number of para-hydroxylation sites is 2. The van der Waals surface area contributed by atoms with Crippen LogP contribution >= 0.6 is 0 Å². The number of imidazole rings is 1. The molecule has 32 heavy (non-hydrogen) atoms. The Hall–Kier alpha value is -3.68. The minimum absolute atomic E-state index is 0.0515. The molecule has 1 aromatic heterocycles. The molecule has 3 aromatic rings. The third-order valence-electron chi connectivity index (χ3n) is 6.41. The van der Waals surface area contributed by atoms with Gasteiger partial charge < -0.3 is 15.6 Å². The summed E-state index contributed by atoms with van der Waals surface area (Å²) in [6, 6.07) is 14.4. The molecule has 1 spiro atoms. The zero-order valence-electron chi connectivity index (χ0n) is 18.0. The predicted octanol–water partition coefficient (Wildman–Crippen LogP) is 2.77. The molecule has 5 rings (SSSR count). The molecule has 1 fully saturated rings. The molecule has 2 aliphatic rings. The molecule has 1 aliphatic heterocycles. The van der Waals surface area contributed by atoms with Gasteiger partial charge in [-0.15, -0.1) is 0 Å². The number of benzene rings is 2. The summed E-state index contributed by atoms with van der Waals surface area (Å²) in [5, 5.41) is 5.81. The first-order chi connectivity index (χ1) is 15.4. The number of nitrogens with one attached hydrogen (secondary N) is 3. The number of amides is 4. The highest BCUT2D eigenvalue weighted by atomic mass is 16.2. The maximum Gasteiger partial charge on any atom is 0.325 e. The van der Waals surface area contributed by atoms with Crippen molar-refractivity contribution in [3.8, 4) is 0 Å². The summed E-state index contributed by atoms with van der Waals surface area (Å²) in [4.78, 5) is 47.8. The van der Waals surface area contributed by atoms with E-state index in [0.29, 0.717) is 18.7 Å². The second-order valence-electron chi connectivity index (χ2n) is 8.81. The van der Waals surface area contributed by atoms with E-state index in [9.17, 15) is 14.4 Å². The van der Waals surface area contributed by atoms with Crippen molar-refractivity contribution in [3.05, 3.63) is 65.5 Å². The average Bonchev–Trinajstić information content (AvgIpc) is 3.43. The fourth-order valence-electron chi connectivity index (χ4n) is 4.77. The number of carbonyl (C=O) groups is 3. The quantitative estimate of drug-likeness (QED) is 0.540. The molecule has 0 bridgehead atoms. The van der Waals surface area contributed by atoms with Gasteiger partial charge in [-0.2, -0.15) is 0 Å². The third kappa shape index (κ3) is 3.14. The summed E-state index contributed by atoms with van der Waals surface area (Å²) in [5.74, 6) is -0.0768. The Morgan fingerprint density at radius 1 is 1.16 bits per heavy atom. The van der Waals surface area contributed by atoms with Crippen molar-refractivity contribution in [2.45, 2.75) is 38.3 Å². The molecule has 2 atom stereocenters. The maximum atomic E-state index is 13.3. The SMILES string of the molecule is CC(C)C(NC(=O)CN1C(=O)NC2(CCc3ccccc32)C1=O)c1nc2ccccc2[nH]1. The predicted molar refractivity (Wildman–Crippen MR) is 119 cm³/mol. The molecule has 4 amide bonds. The van der Waals surface area contributed by atoms with Crippen LogP contribution in [0.4, 0.5) is 4.79 Å². The van der Waals surface area contributed by atoms with Crippen molar-refractivity contribution in [1.29, 1.82) is 0 Å². The summed E-state index contributed by atoms with van der Waals surface area (Å²) >= 11 is 0. The van der Waals surface area contributed by atoms with Gasteiger partial charge in [-0.1, -0.05) is 50.2 Å². The average molecular weight is 431 g/mol. The molecule has 8 nitrogen and oxygen atoms in total. The van der Waals surface area contributed by atoms with E-state index in [1.54, 1.807) is 0 Å². The van der Waals surface area contributed by atoms with Crippen LogP contribution in [0.1, 0.15) is 43.3 Å². The lowest BCUT2D eigenvalue weighted by atomic mass is 9.92. The molecular weight excluding hydrogens is 406 g/mol. The number of fused-ring (bicyclic) bond motifs is 3. The lowest BCUT2D eigenvalue weighted by Gasteiger charge is -2.23. The number of hydrogen-bond acceptors (Lipinski definition) is 4. The van der Waals surface area contributed by atoms with E-state index in [1.165, 1.54) is 0 Å². The first-order valence-corrected chi connectivity index (χ1v) is 10.9. The van der Waals surface area contributed by atoms with Gasteiger partial charge in [0, 0.05) is 0 Å². The number of H-pyrrole nitrogens is 1. The first kappa shape index (κ1) is 20.2. The lowest BCUT2D eigenvalue weighted by molar-refractivity contribution is -0.135. The van der Waals surface area contributed by atoms with E-state index in [1.807, 2.05) is 62.4 Å². The van der Waals surface area contributed by atoms with Crippen LogP contribution in [0.5, 0.6) is 0 Å². The zero-order valence-corrected chi connectivity index (χ0v) is 18.0. The van der Waals surface area contributed by atoms with Gasteiger partial charge in [-0.25, -0.2) is 9.78 Å². The van der Waals surface area contributed by atoms with Gasteiger partial charge in [0.15, 0.2) is 0 Å². The Morgan fingerprint density at radius 2 is 1.91 bits per heavy atom. The number of nitrogens with zero attached hydrogens (tertiary/aromatic N) is 2. The van der Waals surface area contributed by atoms with Crippen molar-refractivity contribution in [2.75, 3.05) is 6.54 Å². The van der Waals surface area contributed by atoms with Crippen LogP contribution in [0.3, 0.4) is 0 Å². The van der Waals surface area contributed by atoms with E-state index in [0.717, 1.165) is 27.1 Å². The number of rotatable bonds is 5. The van der Waals surface area contributed by atoms with Crippen LogP contribution in [-0.4, -0.2) is 39.3 Å². The number of aryl methyl sites for hydroxylation is 1. The Bertz CT molecular complexity index is 1200. The molecular formula is C24H25N5O3. The minimum Gasteiger partial charge on any atom is -0.344 e. The zero-order chi connectivity index (χ0) is 22.5. The molecule has 0 radical (unpaired) electrons. The maximum absolute atomic E-state index is 13.3. The molecule has 3 N–H and O–H groups in total. The van der Waals surface area contributed by atoms with E-state index < -0.39 is 17.5 Å². The molecule has 2 heterocycles. The Labute approximate surface area is 185 Å². The fourth-order valence-corrected chi connectivity index (χ4v) is 4.77. The topological polar surface area (TPSA) is 107 Å². The highest BCUT2D eigenvalue weighted by molar-refractivity contribution is 6.10. The second kappa shape index (κ2) is 7.47. The number of imide groups is 1. The molecule has 2 aromatic carbocycles. The number of urea groups is 1. The lowest BCUT2D eigenvalue weighted by Crippen LogP contribution is -2.45. The number of carbonyl (C=O) groups excluding carboxylic acids is 3. The molecule has 164 valence electrons. The Kier molecular flexibility index (Phi) is 4.73. The molecule has 1 aliphatic carbocycles. The first-order valence-electron chi connectivity index (χ1n) is 10.9. The second-order valence-corrected chi connectivity index (χ2v) is 8.81. The summed E-state index contributed by atoms with van der Waals surface area (Å²) in [5.41, 5.74) is 2.52. The Balaban J connectivity index is 1.34. The minimum atomic E-state index is -1.07. The Morgan fingerprint density at radius 3 is 2.69 bits per heavy atom. The molecule has 1 saturated heterocycles. The van der Waals surface area contributed by atoms with Gasteiger partial charge in [0.25, 0.3) is 5.91 Å². The molecule has 8 heteroatoms. The van der Waals surface area contributed by atoms with E-state index >= 15 is 0 Å². The van der Waals surface area contributed by atoms with Gasteiger partial charge in [0.05, 0.1) is 17.1 Å². The number of hydrogen-bond donors (Lipinski definition) is 3. The van der Waals surface area contributed by atoms with Gasteiger partial charge >= 0.3 is 6.03 Å². The van der Waals surface area contributed by atoms with E-state index in [2.05, 4.69) is 20.6 Å². The third-order valence-corrected chi connectivity index (χ3v) is 6.41. The number of aromatic amines is 1. The molecule has 0 saturated carbocycles. The van der Waals surface area contributed by atoms with Gasteiger partial charge in [0.1, 0.15) is 17.9 Å². The van der Waals surface area contributed by atoms with Crippen LogP contribution < -0.4 is 10.6 Å². The van der Waals surface area contributed by atoms with Crippen LogP contribution in [0, 0.1) is 5.92 Å². The largest absolute Gasteiger partial charge is 0.344 e. The van der Waals surface area contributed by atoms with Gasteiger partial charge in [0.2, 0.25) is 5.91 Å². The highest BCUT2D eigenvalue weighted by Crippen LogP contribution is 2.41. The van der Waals surface area contributed by atoms with Gasteiger partial charge in [-0.05, 0) is 42.0 Å². The standard InChI is InChI=1S/C24H25N5O3/c1-14(2)20(21-25-17-9-5-6-10-18(17)26-21)27-19(30)13-29-22(31)24(28-23(29)32)12-11-15-7-3-4-8-16(15)24/h3-10,14,20H,11-13H2,1-2H3,(H,25,26)(H,27,30)(H,28,32). The fraction of sp³-hybridized carbons (Fsp3) is 0.333. The van der Waals surface area contributed by atoms with Gasteiger partial charge in [-0.3, -0.25) is 14.5 Å². The van der Waals surface area contributed by atoms with Crippen molar-refractivity contribution < 1.29 is 14.4 Å². The summed E-state index contributed by atoms with van der Waals surface area (Å²) in [7, 11) is 0. The molecule has 2 unspecified atom stereocenters.